The van der Waals surface area contributed by atoms with Crippen molar-refractivity contribution in [3.63, 3.8) is 0 Å². The summed E-state index contributed by atoms with van der Waals surface area (Å²) in [5, 5.41) is 4.72. The number of rotatable bonds is 5. The molecule has 0 atom stereocenters. The van der Waals surface area contributed by atoms with Gasteiger partial charge in [0.05, 0.1) is 11.0 Å². The lowest BCUT2D eigenvalue weighted by Crippen LogP contribution is -2.09. The molecule has 0 radical (unpaired) electrons. The second-order valence-corrected chi connectivity index (χ2v) is 11.4. The standard InChI is InChI=1S/C42H28N2O/c1-3-11-29(12-4-1)30-19-21-32(22-20-30)43(31-13-5-2-6-14-31)33-23-25-37-38-26-24-34(28-42(38)45-41(37)27-33)44-39-17-9-7-15-35(39)36-16-8-10-18-40(36)44/h1-28H. The molecule has 0 aliphatic carbocycles. The summed E-state index contributed by atoms with van der Waals surface area (Å²) in [6, 6.07) is 60.1. The minimum absolute atomic E-state index is 0.865. The van der Waals surface area contributed by atoms with Crippen molar-refractivity contribution in [3.05, 3.63) is 170 Å². The van der Waals surface area contributed by atoms with E-state index in [9.17, 15) is 0 Å². The third kappa shape index (κ3) is 4.21. The van der Waals surface area contributed by atoms with Gasteiger partial charge in [-0.2, -0.15) is 0 Å². The van der Waals surface area contributed by atoms with Gasteiger partial charge in [0.15, 0.2) is 0 Å². The molecular weight excluding hydrogens is 548 g/mol. The van der Waals surface area contributed by atoms with Crippen molar-refractivity contribution in [1.82, 2.24) is 4.57 Å². The highest BCUT2D eigenvalue weighted by atomic mass is 16.3. The second-order valence-electron chi connectivity index (χ2n) is 11.4. The van der Waals surface area contributed by atoms with Crippen molar-refractivity contribution in [3.8, 4) is 16.8 Å². The zero-order valence-corrected chi connectivity index (χ0v) is 24.5. The van der Waals surface area contributed by atoms with Gasteiger partial charge in [-0.15, -0.1) is 0 Å². The molecule has 3 nitrogen and oxygen atoms in total. The molecule has 2 aromatic heterocycles. The lowest BCUT2D eigenvalue weighted by atomic mass is 10.0. The number of para-hydroxylation sites is 3. The van der Waals surface area contributed by atoms with Crippen LogP contribution in [0, 0.1) is 0 Å². The average molecular weight is 577 g/mol. The third-order valence-corrected chi connectivity index (χ3v) is 8.78. The molecule has 0 unspecified atom stereocenters. The van der Waals surface area contributed by atoms with Gasteiger partial charge in [-0.1, -0.05) is 97.1 Å². The Morgan fingerprint density at radius 3 is 1.58 bits per heavy atom. The fourth-order valence-electron chi connectivity index (χ4n) is 6.69. The summed E-state index contributed by atoms with van der Waals surface area (Å²) in [6.07, 6.45) is 0. The van der Waals surface area contributed by atoms with Crippen molar-refractivity contribution >= 4 is 60.8 Å². The Balaban J connectivity index is 1.16. The van der Waals surface area contributed by atoms with Crippen molar-refractivity contribution in [2.75, 3.05) is 4.90 Å². The normalized spacial score (nSPS) is 11.6. The first-order chi connectivity index (χ1) is 22.3. The van der Waals surface area contributed by atoms with Gasteiger partial charge in [0.1, 0.15) is 11.2 Å². The van der Waals surface area contributed by atoms with Crippen LogP contribution in [0.5, 0.6) is 0 Å². The molecule has 9 rings (SSSR count). The van der Waals surface area contributed by atoms with E-state index in [2.05, 4.69) is 179 Å². The molecule has 0 saturated heterocycles. The molecule has 0 aliphatic heterocycles. The molecule has 9 aromatic rings. The lowest BCUT2D eigenvalue weighted by Gasteiger charge is -2.25. The maximum Gasteiger partial charge on any atom is 0.137 e. The van der Waals surface area contributed by atoms with Gasteiger partial charge in [-0.05, 0) is 71.8 Å². The first kappa shape index (κ1) is 25.4. The number of furan rings is 1. The largest absolute Gasteiger partial charge is 0.456 e. The highest BCUT2D eigenvalue weighted by Crippen LogP contribution is 2.40. The number of fused-ring (bicyclic) bond motifs is 6. The summed E-state index contributed by atoms with van der Waals surface area (Å²) in [5.74, 6) is 0. The monoisotopic (exact) mass is 576 g/mol. The molecule has 0 N–H and O–H groups in total. The molecule has 0 bridgehead atoms. The van der Waals surface area contributed by atoms with E-state index in [1.165, 1.54) is 32.9 Å². The Morgan fingerprint density at radius 1 is 0.378 bits per heavy atom. The number of anilines is 3. The molecule has 0 aliphatic rings. The fourth-order valence-corrected chi connectivity index (χ4v) is 6.69. The summed E-state index contributed by atoms with van der Waals surface area (Å²) in [5.41, 5.74) is 10.8. The maximum absolute atomic E-state index is 6.61. The molecule has 7 aromatic carbocycles. The molecule has 3 heteroatoms. The summed E-state index contributed by atoms with van der Waals surface area (Å²) in [4.78, 5) is 2.28. The van der Waals surface area contributed by atoms with Crippen LogP contribution in [0.25, 0.3) is 60.6 Å². The van der Waals surface area contributed by atoms with E-state index >= 15 is 0 Å². The Kier molecular flexibility index (Phi) is 5.82. The number of hydrogen-bond donors (Lipinski definition) is 0. The highest BCUT2D eigenvalue weighted by molar-refractivity contribution is 6.10. The number of hydrogen-bond acceptors (Lipinski definition) is 2. The van der Waals surface area contributed by atoms with Crippen molar-refractivity contribution in [1.29, 1.82) is 0 Å². The molecule has 0 amide bonds. The molecule has 0 saturated carbocycles. The average Bonchev–Trinajstić information content (AvgIpc) is 3.64. The van der Waals surface area contributed by atoms with Crippen LogP contribution < -0.4 is 4.90 Å². The van der Waals surface area contributed by atoms with Gasteiger partial charge >= 0.3 is 0 Å². The third-order valence-electron chi connectivity index (χ3n) is 8.78. The number of nitrogens with zero attached hydrogens (tertiary/aromatic N) is 2. The quantitative estimate of drug-likeness (QED) is 0.203. The Labute approximate surface area is 260 Å². The van der Waals surface area contributed by atoms with E-state index in [-0.39, 0.29) is 0 Å². The predicted octanol–water partition coefficient (Wildman–Crippen LogP) is 11.8. The smallest absolute Gasteiger partial charge is 0.137 e. The summed E-state index contributed by atoms with van der Waals surface area (Å²) in [7, 11) is 0. The van der Waals surface area contributed by atoms with Crippen molar-refractivity contribution in [2.24, 2.45) is 0 Å². The zero-order chi connectivity index (χ0) is 29.7. The molecule has 0 spiro atoms. The van der Waals surface area contributed by atoms with Gasteiger partial charge in [0, 0.05) is 56.4 Å². The Morgan fingerprint density at radius 2 is 0.889 bits per heavy atom. The SMILES string of the molecule is c1ccc(-c2ccc(N(c3ccccc3)c3ccc4c(c3)oc3cc(-n5c6ccccc6c6ccccc65)ccc34)cc2)cc1. The van der Waals surface area contributed by atoms with Crippen molar-refractivity contribution in [2.45, 2.75) is 0 Å². The summed E-state index contributed by atoms with van der Waals surface area (Å²) < 4.78 is 8.95. The van der Waals surface area contributed by atoms with E-state index in [1.54, 1.807) is 0 Å². The Bertz CT molecular complexity index is 2420. The van der Waals surface area contributed by atoms with E-state index in [0.717, 1.165) is 44.7 Å². The summed E-state index contributed by atoms with van der Waals surface area (Å²) >= 11 is 0. The van der Waals surface area contributed by atoms with Gasteiger partial charge in [-0.3, -0.25) is 0 Å². The topological polar surface area (TPSA) is 21.3 Å². The minimum atomic E-state index is 0.865. The molecule has 0 fully saturated rings. The van der Waals surface area contributed by atoms with Crippen LogP contribution in [0.4, 0.5) is 17.1 Å². The van der Waals surface area contributed by atoms with Crippen LogP contribution in [0.1, 0.15) is 0 Å². The first-order valence-corrected chi connectivity index (χ1v) is 15.3. The van der Waals surface area contributed by atoms with Crippen LogP contribution in [-0.4, -0.2) is 4.57 Å². The first-order valence-electron chi connectivity index (χ1n) is 15.3. The van der Waals surface area contributed by atoms with Crippen LogP contribution in [0.15, 0.2) is 174 Å². The highest BCUT2D eigenvalue weighted by Gasteiger charge is 2.17. The minimum Gasteiger partial charge on any atom is -0.456 e. The van der Waals surface area contributed by atoms with Crippen molar-refractivity contribution < 1.29 is 4.42 Å². The molecule has 2 heterocycles. The van der Waals surface area contributed by atoms with E-state index < -0.39 is 0 Å². The van der Waals surface area contributed by atoms with E-state index in [0.29, 0.717) is 0 Å². The molecular formula is C42H28N2O. The number of aromatic nitrogens is 1. The van der Waals surface area contributed by atoms with Crippen LogP contribution in [-0.2, 0) is 0 Å². The predicted molar refractivity (Wildman–Crippen MR) is 188 cm³/mol. The van der Waals surface area contributed by atoms with Gasteiger partial charge in [0.2, 0.25) is 0 Å². The fraction of sp³-hybridized carbons (Fsp3) is 0. The van der Waals surface area contributed by atoms with Crippen LogP contribution in [0.3, 0.4) is 0 Å². The van der Waals surface area contributed by atoms with Crippen LogP contribution in [0.2, 0.25) is 0 Å². The molecule has 45 heavy (non-hydrogen) atoms. The van der Waals surface area contributed by atoms with Gasteiger partial charge in [-0.25, -0.2) is 0 Å². The lowest BCUT2D eigenvalue weighted by molar-refractivity contribution is 0.668. The Hall–Kier alpha value is -6.06. The second kappa shape index (κ2) is 10.3. The van der Waals surface area contributed by atoms with Gasteiger partial charge in [0.25, 0.3) is 0 Å². The molecule has 212 valence electrons. The summed E-state index contributed by atoms with van der Waals surface area (Å²) in [6.45, 7) is 0. The van der Waals surface area contributed by atoms with E-state index in [4.69, 9.17) is 4.42 Å². The van der Waals surface area contributed by atoms with E-state index in [1.807, 2.05) is 0 Å². The van der Waals surface area contributed by atoms with Crippen LogP contribution >= 0.6 is 0 Å². The zero-order valence-electron chi connectivity index (χ0n) is 24.5. The number of benzene rings is 7. The van der Waals surface area contributed by atoms with Gasteiger partial charge < -0.3 is 13.9 Å². The maximum atomic E-state index is 6.61.